The zero-order valence-electron chi connectivity index (χ0n) is 21.9. The van der Waals surface area contributed by atoms with Crippen LogP contribution in [0.1, 0.15) is 48.2 Å². The first-order chi connectivity index (χ1) is 18.1. The van der Waals surface area contributed by atoms with E-state index in [4.69, 9.17) is 26.2 Å². The standard InChI is InChI=1S/C28H30ClN5O4/c1-28(2,3)23(26(36)37-4)31-25(35)20-15-30-27(38-5)32-24(20)34-16-21(17-9-7-6-8-10-17)22(33-34)18-11-13-19(29)14-12-18/h6-15,21,23H,16H2,1-5H3,(H,31,35)/t21?,23-/m1/s1. The number of carbonyl (C=O) groups is 2. The second-order valence-corrected chi connectivity index (χ2v) is 10.4. The molecule has 198 valence electrons. The fourth-order valence-corrected chi connectivity index (χ4v) is 4.36. The zero-order chi connectivity index (χ0) is 27.4. The predicted molar refractivity (Wildman–Crippen MR) is 146 cm³/mol. The van der Waals surface area contributed by atoms with Gasteiger partial charge in [-0.25, -0.2) is 14.8 Å². The monoisotopic (exact) mass is 535 g/mol. The molecule has 1 N–H and O–H groups in total. The van der Waals surface area contributed by atoms with Crippen molar-refractivity contribution >= 4 is 35.0 Å². The number of benzene rings is 2. The zero-order valence-corrected chi connectivity index (χ0v) is 22.7. The Balaban J connectivity index is 1.77. The molecule has 0 radical (unpaired) electrons. The number of hydrogen-bond donors (Lipinski definition) is 1. The molecule has 2 heterocycles. The van der Waals surface area contributed by atoms with E-state index in [0.717, 1.165) is 16.8 Å². The summed E-state index contributed by atoms with van der Waals surface area (Å²) < 4.78 is 10.2. The van der Waals surface area contributed by atoms with E-state index in [2.05, 4.69) is 15.3 Å². The summed E-state index contributed by atoms with van der Waals surface area (Å²) in [6.45, 7) is 5.94. The lowest BCUT2D eigenvalue weighted by Crippen LogP contribution is -2.49. The van der Waals surface area contributed by atoms with E-state index in [1.54, 1.807) is 5.01 Å². The van der Waals surface area contributed by atoms with Crippen molar-refractivity contribution in [1.82, 2.24) is 15.3 Å². The second-order valence-electron chi connectivity index (χ2n) is 9.93. The first-order valence-electron chi connectivity index (χ1n) is 12.1. The van der Waals surface area contributed by atoms with E-state index in [9.17, 15) is 9.59 Å². The molecule has 2 atom stereocenters. The van der Waals surface area contributed by atoms with Crippen LogP contribution in [0, 0.1) is 5.41 Å². The van der Waals surface area contributed by atoms with Gasteiger partial charge in [0.1, 0.15) is 11.6 Å². The summed E-state index contributed by atoms with van der Waals surface area (Å²) in [5, 5.41) is 9.99. The van der Waals surface area contributed by atoms with Gasteiger partial charge >= 0.3 is 12.0 Å². The SMILES string of the molecule is COC(=O)[C@@H](NC(=O)c1cnc(OC)nc1N1CC(c2ccccc2)C(c2ccc(Cl)cc2)=N1)C(C)(C)C. The van der Waals surface area contributed by atoms with Crippen LogP contribution >= 0.6 is 11.6 Å². The van der Waals surface area contributed by atoms with Crippen molar-refractivity contribution in [3.63, 3.8) is 0 Å². The lowest BCUT2D eigenvalue weighted by Gasteiger charge is -2.29. The van der Waals surface area contributed by atoms with Gasteiger partial charge in [-0.1, -0.05) is 74.8 Å². The molecule has 1 aromatic heterocycles. The van der Waals surface area contributed by atoms with E-state index in [-0.39, 0.29) is 23.3 Å². The van der Waals surface area contributed by atoms with Crippen molar-refractivity contribution in [2.45, 2.75) is 32.7 Å². The molecule has 9 nitrogen and oxygen atoms in total. The van der Waals surface area contributed by atoms with Crippen molar-refractivity contribution in [2.24, 2.45) is 10.5 Å². The topological polar surface area (TPSA) is 106 Å². The quantitative estimate of drug-likeness (QED) is 0.445. The van der Waals surface area contributed by atoms with Crippen LogP contribution in [0.25, 0.3) is 0 Å². The Morgan fingerprint density at radius 2 is 1.76 bits per heavy atom. The van der Waals surface area contributed by atoms with Gasteiger partial charge in [-0.15, -0.1) is 0 Å². The fraction of sp³-hybridized carbons (Fsp3) is 0.321. The number of hydrogen-bond acceptors (Lipinski definition) is 8. The normalized spacial score (nSPS) is 16.0. The largest absolute Gasteiger partial charge is 0.467 e. The Kier molecular flexibility index (Phi) is 7.97. The molecular weight excluding hydrogens is 506 g/mol. The Morgan fingerprint density at radius 3 is 2.37 bits per heavy atom. The van der Waals surface area contributed by atoms with Gasteiger partial charge in [0.15, 0.2) is 5.82 Å². The molecule has 1 unspecified atom stereocenters. The van der Waals surface area contributed by atoms with E-state index in [1.807, 2.05) is 75.4 Å². The third-order valence-corrected chi connectivity index (χ3v) is 6.50. The fourth-order valence-electron chi connectivity index (χ4n) is 4.23. The number of amides is 1. The van der Waals surface area contributed by atoms with Gasteiger partial charge in [0.2, 0.25) is 0 Å². The Labute approximate surface area is 226 Å². The molecule has 0 saturated carbocycles. The lowest BCUT2D eigenvalue weighted by molar-refractivity contribution is -0.145. The molecule has 4 rings (SSSR count). The number of hydrazone groups is 1. The number of aromatic nitrogens is 2. The highest BCUT2D eigenvalue weighted by Crippen LogP contribution is 2.33. The highest BCUT2D eigenvalue weighted by atomic mass is 35.5. The number of anilines is 1. The highest BCUT2D eigenvalue weighted by Gasteiger charge is 2.37. The first kappa shape index (κ1) is 27.1. The van der Waals surface area contributed by atoms with Crippen LogP contribution in [0.4, 0.5) is 5.82 Å². The van der Waals surface area contributed by atoms with Crippen LogP contribution in [-0.2, 0) is 9.53 Å². The van der Waals surface area contributed by atoms with Crippen molar-refractivity contribution in [2.75, 3.05) is 25.8 Å². The van der Waals surface area contributed by atoms with Gasteiger partial charge in [0.05, 0.1) is 26.5 Å². The smallest absolute Gasteiger partial charge is 0.328 e. The minimum absolute atomic E-state index is 0.0864. The minimum atomic E-state index is -0.890. The summed E-state index contributed by atoms with van der Waals surface area (Å²) in [7, 11) is 2.74. The Hall–Kier alpha value is -3.98. The van der Waals surface area contributed by atoms with Crippen LogP contribution in [0.15, 0.2) is 65.9 Å². The van der Waals surface area contributed by atoms with E-state index < -0.39 is 23.3 Å². The second kappa shape index (κ2) is 11.2. The van der Waals surface area contributed by atoms with Gasteiger partial charge in [0, 0.05) is 17.1 Å². The van der Waals surface area contributed by atoms with Crippen molar-refractivity contribution in [3.05, 3.63) is 82.5 Å². The molecule has 0 saturated heterocycles. The third-order valence-electron chi connectivity index (χ3n) is 6.25. The van der Waals surface area contributed by atoms with Gasteiger partial charge in [-0.2, -0.15) is 10.1 Å². The lowest BCUT2D eigenvalue weighted by atomic mass is 9.86. The number of nitrogens with zero attached hydrogens (tertiary/aromatic N) is 4. The number of rotatable bonds is 7. The molecule has 38 heavy (non-hydrogen) atoms. The maximum Gasteiger partial charge on any atom is 0.328 e. The number of nitrogens with one attached hydrogen (secondary N) is 1. The van der Waals surface area contributed by atoms with E-state index in [1.165, 1.54) is 20.4 Å². The number of ether oxygens (including phenoxy) is 2. The minimum Gasteiger partial charge on any atom is -0.467 e. The number of carbonyl (C=O) groups excluding carboxylic acids is 2. The number of esters is 1. The molecular formula is C28H30ClN5O4. The van der Waals surface area contributed by atoms with Crippen molar-refractivity contribution in [1.29, 1.82) is 0 Å². The summed E-state index contributed by atoms with van der Waals surface area (Å²) in [6.07, 6.45) is 1.38. The maximum atomic E-state index is 13.5. The highest BCUT2D eigenvalue weighted by molar-refractivity contribution is 6.30. The summed E-state index contributed by atoms with van der Waals surface area (Å²) in [6, 6.07) is 16.6. The van der Waals surface area contributed by atoms with Gasteiger partial charge < -0.3 is 14.8 Å². The molecule has 2 aromatic carbocycles. The van der Waals surface area contributed by atoms with Gasteiger partial charge in [0.25, 0.3) is 5.91 Å². The van der Waals surface area contributed by atoms with Gasteiger partial charge in [-0.05, 0) is 28.7 Å². The molecule has 3 aromatic rings. The van der Waals surface area contributed by atoms with Crippen LogP contribution in [-0.4, -0.2) is 54.4 Å². The van der Waals surface area contributed by atoms with Crippen LogP contribution in [0.5, 0.6) is 6.01 Å². The molecule has 1 amide bonds. The summed E-state index contributed by atoms with van der Waals surface area (Å²) in [5.41, 5.74) is 2.32. The summed E-state index contributed by atoms with van der Waals surface area (Å²) in [5.74, 6) is -0.919. The molecule has 10 heteroatoms. The van der Waals surface area contributed by atoms with Gasteiger partial charge in [-0.3, -0.25) is 4.79 Å². The molecule has 0 fully saturated rings. The molecule has 0 spiro atoms. The predicted octanol–water partition coefficient (Wildman–Crippen LogP) is 4.46. The average Bonchev–Trinajstić information content (AvgIpc) is 3.36. The molecule has 1 aliphatic rings. The maximum absolute atomic E-state index is 13.5. The van der Waals surface area contributed by atoms with Crippen molar-refractivity contribution in [3.8, 4) is 6.01 Å². The Bertz CT molecular complexity index is 1340. The van der Waals surface area contributed by atoms with Crippen molar-refractivity contribution < 1.29 is 19.1 Å². The molecule has 0 aliphatic carbocycles. The summed E-state index contributed by atoms with van der Waals surface area (Å²) in [4.78, 5) is 34.6. The number of halogens is 1. The number of methoxy groups -OCH3 is 2. The van der Waals surface area contributed by atoms with E-state index >= 15 is 0 Å². The third kappa shape index (κ3) is 5.78. The average molecular weight is 536 g/mol. The first-order valence-corrected chi connectivity index (χ1v) is 12.5. The van der Waals surface area contributed by atoms with Crippen LogP contribution in [0.3, 0.4) is 0 Å². The molecule has 1 aliphatic heterocycles. The van der Waals surface area contributed by atoms with Crippen LogP contribution < -0.4 is 15.1 Å². The Morgan fingerprint density at radius 1 is 1.08 bits per heavy atom. The van der Waals surface area contributed by atoms with Crippen LogP contribution in [0.2, 0.25) is 5.02 Å². The van der Waals surface area contributed by atoms with E-state index in [0.29, 0.717) is 11.6 Å². The summed E-state index contributed by atoms with van der Waals surface area (Å²) >= 11 is 6.13. The molecule has 0 bridgehead atoms.